The van der Waals surface area contributed by atoms with Crippen LogP contribution in [-0.4, -0.2) is 37.1 Å². The number of epoxide rings is 1. The molecule has 1 aromatic rings. The van der Waals surface area contributed by atoms with Crippen LogP contribution < -0.4 is 4.74 Å². The Bertz CT molecular complexity index is 506. The summed E-state index contributed by atoms with van der Waals surface area (Å²) in [5.74, 6) is 0.838. The van der Waals surface area contributed by atoms with Gasteiger partial charge < -0.3 is 19.3 Å². The largest absolute Gasteiger partial charge is 0.493 e. The highest BCUT2D eigenvalue weighted by Crippen LogP contribution is 2.33. The predicted octanol–water partition coefficient (Wildman–Crippen LogP) is 2.71. The van der Waals surface area contributed by atoms with Crippen LogP contribution in [0, 0.1) is 0 Å². The minimum atomic E-state index is -0.329. The molecular weight excluding hydrogens is 268 g/mol. The van der Waals surface area contributed by atoms with Crippen LogP contribution in [0.2, 0.25) is 0 Å². The standard InChI is InChI=1S/C17H22O4/c1-12(18)7-8-19-14-5-6-16-13(9-14)3-2-4-17(16)21-11-15-10-20-15/h2-3,5-6,9,12,15,17-18H,4,7-8,10-11H2,1H3. The van der Waals surface area contributed by atoms with Crippen molar-refractivity contribution >= 4 is 6.08 Å². The molecule has 0 saturated carbocycles. The van der Waals surface area contributed by atoms with Crippen molar-refractivity contribution in [1.82, 2.24) is 0 Å². The van der Waals surface area contributed by atoms with Gasteiger partial charge >= 0.3 is 0 Å². The van der Waals surface area contributed by atoms with Crippen molar-refractivity contribution in [3.05, 3.63) is 35.4 Å². The first-order chi connectivity index (χ1) is 10.2. The number of hydrogen-bond acceptors (Lipinski definition) is 4. The molecule has 0 bridgehead atoms. The van der Waals surface area contributed by atoms with E-state index in [1.165, 1.54) is 5.56 Å². The van der Waals surface area contributed by atoms with Gasteiger partial charge in [0.2, 0.25) is 0 Å². The lowest BCUT2D eigenvalue weighted by Crippen LogP contribution is -2.12. The van der Waals surface area contributed by atoms with E-state index in [-0.39, 0.29) is 12.2 Å². The van der Waals surface area contributed by atoms with Crippen LogP contribution in [-0.2, 0) is 9.47 Å². The molecule has 4 nitrogen and oxygen atoms in total. The summed E-state index contributed by atoms with van der Waals surface area (Å²) in [4.78, 5) is 0. The zero-order valence-corrected chi connectivity index (χ0v) is 12.3. The highest BCUT2D eigenvalue weighted by molar-refractivity contribution is 5.59. The van der Waals surface area contributed by atoms with Crippen molar-refractivity contribution in [2.24, 2.45) is 0 Å². The maximum atomic E-state index is 9.25. The van der Waals surface area contributed by atoms with Gasteiger partial charge in [-0.3, -0.25) is 0 Å². The number of benzene rings is 1. The molecule has 1 aliphatic carbocycles. The molecule has 2 aliphatic rings. The van der Waals surface area contributed by atoms with E-state index in [9.17, 15) is 5.11 Å². The minimum Gasteiger partial charge on any atom is -0.493 e. The summed E-state index contributed by atoms with van der Waals surface area (Å²) in [6.45, 7) is 3.79. The molecular formula is C17H22O4. The van der Waals surface area contributed by atoms with E-state index in [0.29, 0.717) is 25.7 Å². The van der Waals surface area contributed by atoms with Gasteiger partial charge in [0.15, 0.2) is 0 Å². The molecule has 0 amide bonds. The Labute approximate surface area is 125 Å². The van der Waals surface area contributed by atoms with Gasteiger partial charge in [0.25, 0.3) is 0 Å². The van der Waals surface area contributed by atoms with E-state index in [1.807, 2.05) is 12.1 Å². The molecule has 0 radical (unpaired) electrons. The van der Waals surface area contributed by atoms with Gasteiger partial charge in [0.1, 0.15) is 11.9 Å². The van der Waals surface area contributed by atoms with E-state index >= 15 is 0 Å². The lowest BCUT2D eigenvalue weighted by Gasteiger charge is -2.22. The summed E-state index contributed by atoms with van der Waals surface area (Å²) >= 11 is 0. The Kier molecular flexibility index (Phi) is 4.58. The summed E-state index contributed by atoms with van der Waals surface area (Å²) in [7, 11) is 0. The monoisotopic (exact) mass is 290 g/mol. The Balaban J connectivity index is 1.62. The Hall–Kier alpha value is -1.36. The van der Waals surface area contributed by atoms with Gasteiger partial charge in [0.05, 0.1) is 32.0 Å². The van der Waals surface area contributed by atoms with Gasteiger partial charge in [-0.25, -0.2) is 0 Å². The van der Waals surface area contributed by atoms with Gasteiger partial charge in [-0.1, -0.05) is 18.2 Å². The summed E-state index contributed by atoms with van der Waals surface area (Å²) in [6.07, 6.45) is 5.88. The number of rotatable bonds is 7. The molecule has 1 N–H and O–H groups in total. The van der Waals surface area contributed by atoms with Crippen LogP contribution in [0.5, 0.6) is 5.75 Å². The van der Waals surface area contributed by atoms with E-state index < -0.39 is 0 Å². The molecule has 4 heteroatoms. The van der Waals surface area contributed by atoms with E-state index in [4.69, 9.17) is 14.2 Å². The SMILES string of the molecule is CC(O)CCOc1ccc2c(c1)C=CCC2OCC1CO1. The first kappa shape index (κ1) is 14.6. The lowest BCUT2D eigenvalue weighted by molar-refractivity contribution is 0.0429. The molecule has 1 fully saturated rings. The summed E-state index contributed by atoms with van der Waals surface area (Å²) < 4.78 is 16.8. The average Bonchev–Trinajstić information content (AvgIpc) is 3.28. The molecule has 3 unspecified atom stereocenters. The molecule has 0 spiro atoms. The fraction of sp³-hybridized carbons (Fsp3) is 0.529. The Morgan fingerprint density at radius 3 is 3.05 bits per heavy atom. The van der Waals surface area contributed by atoms with Crippen LogP contribution in [0.15, 0.2) is 24.3 Å². The number of aliphatic hydroxyl groups excluding tert-OH is 1. The molecule has 3 rings (SSSR count). The smallest absolute Gasteiger partial charge is 0.119 e. The second-order valence-electron chi connectivity index (χ2n) is 5.69. The molecule has 1 saturated heterocycles. The number of fused-ring (bicyclic) bond motifs is 1. The van der Waals surface area contributed by atoms with Crippen molar-refractivity contribution in [2.75, 3.05) is 19.8 Å². The second kappa shape index (κ2) is 6.60. The lowest BCUT2D eigenvalue weighted by atomic mass is 9.94. The van der Waals surface area contributed by atoms with E-state index in [1.54, 1.807) is 6.92 Å². The van der Waals surface area contributed by atoms with Crippen molar-refractivity contribution < 1.29 is 19.3 Å². The van der Waals surface area contributed by atoms with E-state index in [2.05, 4.69) is 18.2 Å². The third-order valence-corrected chi connectivity index (χ3v) is 3.74. The maximum Gasteiger partial charge on any atom is 0.119 e. The average molecular weight is 290 g/mol. The van der Waals surface area contributed by atoms with Crippen LogP contribution in [0.4, 0.5) is 0 Å². The Morgan fingerprint density at radius 1 is 1.43 bits per heavy atom. The fourth-order valence-corrected chi connectivity index (χ4v) is 2.42. The fourth-order valence-electron chi connectivity index (χ4n) is 2.42. The highest BCUT2D eigenvalue weighted by Gasteiger charge is 2.26. The third kappa shape index (κ3) is 4.06. The maximum absolute atomic E-state index is 9.25. The molecule has 114 valence electrons. The first-order valence-corrected chi connectivity index (χ1v) is 7.57. The van der Waals surface area contributed by atoms with Crippen molar-refractivity contribution in [1.29, 1.82) is 0 Å². The van der Waals surface area contributed by atoms with Crippen LogP contribution >= 0.6 is 0 Å². The van der Waals surface area contributed by atoms with Crippen LogP contribution in [0.3, 0.4) is 0 Å². The molecule has 0 aromatic heterocycles. The second-order valence-corrected chi connectivity index (χ2v) is 5.69. The number of ether oxygens (including phenoxy) is 3. The number of aliphatic hydroxyl groups is 1. The Morgan fingerprint density at radius 2 is 2.29 bits per heavy atom. The first-order valence-electron chi connectivity index (χ1n) is 7.57. The number of hydrogen-bond donors (Lipinski definition) is 1. The highest BCUT2D eigenvalue weighted by atomic mass is 16.6. The molecule has 1 heterocycles. The normalized spacial score (nSPS) is 24.5. The van der Waals surface area contributed by atoms with Gasteiger partial charge in [-0.2, -0.15) is 0 Å². The minimum absolute atomic E-state index is 0.112. The van der Waals surface area contributed by atoms with Crippen molar-refractivity contribution in [3.8, 4) is 5.75 Å². The third-order valence-electron chi connectivity index (χ3n) is 3.74. The van der Waals surface area contributed by atoms with Crippen molar-refractivity contribution in [2.45, 2.75) is 38.1 Å². The topological polar surface area (TPSA) is 51.2 Å². The van der Waals surface area contributed by atoms with E-state index in [0.717, 1.165) is 24.3 Å². The van der Waals surface area contributed by atoms with Crippen molar-refractivity contribution in [3.63, 3.8) is 0 Å². The van der Waals surface area contributed by atoms with Crippen LogP contribution in [0.1, 0.15) is 37.0 Å². The van der Waals surface area contributed by atoms with Gasteiger partial charge in [-0.05, 0) is 36.6 Å². The predicted molar refractivity (Wildman–Crippen MR) is 80.3 cm³/mol. The molecule has 1 aliphatic heterocycles. The molecule has 21 heavy (non-hydrogen) atoms. The summed E-state index contributed by atoms with van der Waals surface area (Å²) in [5.41, 5.74) is 2.36. The van der Waals surface area contributed by atoms with Crippen LogP contribution in [0.25, 0.3) is 6.08 Å². The quantitative estimate of drug-likeness (QED) is 0.784. The van der Waals surface area contributed by atoms with Gasteiger partial charge in [-0.15, -0.1) is 0 Å². The molecule has 1 aromatic carbocycles. The van der Waals surface area contributed by atoms with Gasteiger partial charge in [0, 0.05) is 6.42 Å². The summed E-state index contributed by atoms with van der Waals surface area (Å²) in [6, 6.07) is 6.09. The zero-order valence-electron chi connectivity index (χ0n) is 12.3. The molecule has 3 atom stereocenters. The summed E-state index contributed by atoms with van der Waals surface area (Å²) in [5, 5.41) is 9.25. The zero-order chi connectivity index (χ0) is 14.7.